The molecule has 0 aliphatic heterocycles. The lowest BCUT2D eigenvalue weighted by Gasteiger charge is -2.16. The summed E-state index contributed by atoms with van der Waals surface area (Å²) in [6.07, 6.45) is 8.49. The molecule has 0 amide bonds. The van der Waals surface area contributed by atoms with Crippen LogP contribution in [0.5, 0.6) is 5.75 Å². The van der Waals surface area contributed by atoms with E-state index in [4.69, 9.17) is 4.74 Å². The summed E-state index contributed by atoms with van der Waals surface area (Å²) in [5.41, 5.74) is 3.26. The minimum atomic E-state index is -3.92. The Morgan fingerprint density at radius 1 is 1.16 bits per heavy atom. The second-order valence-corrected chi connectivity index (χ2v) is 9.38. The molecule has 10 heteroatoms. The standard InChI is InChI=1S/C21H18BrN5O3S/c1-26(31(28,29)20-10-17(22)6-7-19(20)30-2)25-13-18-12-24-21-8-5-16(14-27(18)21)15-4-3-9-23-11-15/h3-14H,1-2H3/b25-13+. The van der Waals surface area contributed by atoms with Gasteiger partial charge in [-0.3, -0.25) is 9.38 Å². The van der Waals surface area contributed by atoms with Crippen LogP contribution in [0, 0.1) is 0 Å². The monoisotopic (exact) mass is 499 g/mol. The molecule has 4 rings (SSSR count). The number of hydrogen-bond donors (Lipinski definition) is 0. The van der Waals surface area contributed by atoms with E-state index in [-0.39, 0.29) is 10.6 Å². The van der Waals surface area contributed by atoms with Crippen molar-refractivity contribution < 1.29 is 13.2 Å². The molecule has 31 heavy (non-hydrogen) atoms. The highest BCUT2D eigenvalue weighted by atomic mass is 79.9. The Morgan fingerprint density at radius 2 is 2.00 bits per heavy atom. The van der Waals surface area contributed by atoms with E-state index in [0.717, 1.165) is 15.5 Å². The van der Waals surface area contributed by atoms with Crippen LogP contribution >= 0.6 is 15.9 Å². The SMILES string of the molecule is COc1ccc(Br)cc1S(=O)(=O)N(C)/N=C/c1cnc2ccc(-c3cccnc3)cn12. The maximum Gasteiger partial charge on any atom is 0.282 e. The van der Waals surface area contributed by atoms with Gasteiger partial charge in [-0.05, 0) is 36.4 Å². The number of pyridine rings is 2. The predicted molar refractivity (Wildman–Crippen MR) is 122 cm³/mol. The van der Waals surface area contributed by atoms with Crippen molar-refractivity contribution in [3.63, 3.8) is 0 Å². The van der Waals surface area contributed by atoms with Gasteiger partial charge in [-0.15, -0.1) is 0 Å². The fourth-order valence-corrected chi connectivity index (χ4v) is 4.65. The maximum atomic E-state index is 13.0. The molecule has 0 aliphatic carbocycles. The summed E-state index contributed by atoms with van der Waals surface area (Å²) >= 11 is 3.30. The number of hydrogen-bond acceptors (Lipinski definition) is 6. The number of sulfonamides is 1. The van der Waals surface area contributed by atoms with Crippen molar-refractivity contribution in [2.24, 2.45) is 5.10 Å². The summed E-state index contributed by atoms with van der Waals surface area (Å²) in [7, 11) is -1.13. The summed E-state index contributed by atoms with van der Waals surface area (Å²) in [6.45, 7) is 0. The fourth-order valence-electron chi connectivity index (χ4n) is 3.00. The first kappa shape index (κ1) is 21.0. The van der Waals surface area contributed by atoms with Crippen molar-refractivity contribution in [3.8, 4) is 16.9 Å². The highest BCUT2D eigenvalue weighted by Crippen LogP contribution is 2.29. The molecule has 0 bridgehead atoms. The van der Waals surface area contributed by atoms with E-state index >= 15 is 0 Å². The number of fused-ring (bicyclic) bond motifs is 1. The van der Waals surface area contributed by atoms with Crippen molar-refractivity contribution in [1.82, 2.24) is 18.8 Å². The molecule has 0 atom stereocenters. The molecule has 3 aromatic heterocycles. The van der Waals surface area contributed by atoms with Gasteiger partial charge in [0.2, 0.25) is 0 Å². The van der Waals surface area contributed by atoms with Gasteiger partial charge in [0.1, 0.15) is 16.3 Å². The minimum Gasteiger partial charge on any atom is -0.495 e. The van der Waals surface area contributed by atoms with Gasteiger partial charge in [0.05, 0.1) is 25.2 Å². The van der Waals surface area contributed by atoms with Crippen molar-refractivity contribution >= 4 is 37.8 Å². The zero-order chi connectivity index (χ0) is 22.0. The molecule has 0 spiro atoms. The number of nitrogens with zero attached hydrogens (tertiary/aromatic N) is 5. The second-order valence-electron chi connectivity index (χ2n) is 6.55. The third-order valence-electron chi connectivity index (χ3n) is 4.63. The number of benzene rings is 1. The number of hydrazone groups is 1. The molecular weight excluding hydrogens is 482 g/mol. The molecular formula is C21H18BrN5O3S. The van der Waals surface area contributed by atoms with Gasteiger partial charge in [0, 0.05) is 41.2 Å². The maximum absolute atomic E-state index is 13.0. The van der Waals surface area contributed by atoms with E-state index in [0.29, 0.717) is 15.8 Å². The first-order valence-electron chi connectivity index (χ1n) is 9.14. The molecule has 0 unspecified atom stereocenters. The minimum absolute atomic E-state index is 0.0148. The molecule has 0 fully saturated rings. The van der Waals surface area contributed by atoms with Gasteiger partial charge in [0.25, 0.3) is 10.0 Å². The van der Waals surface area contributed by atoms with E-state index in [9.17, 15) is 8.42 Å². The lowest BCUT2D eigenvalue weighted by Crippen LogP contribution is -2.22. The average Bonchev–Trinajstić information content (AvgIpc) is 3.20. The van der Waals surface area contributed by atoms with Gasteiger partial charge in [-0.25, -0.2) is 4.98 Å². The van der Waals surface area contributed by atoms with Crippen LogP contribution in [0.1, 0.15) is 5.69 Å². The zero-order valence-corrected chi connectivity index (χ0v) is 19.1. The Balaban J connectivity index is 1.67. The van der Waals surface area contributed by atoms with E-state index < -0.39 is 10.0 Å². The highest BCUT2D eigenvalue weighted by molar-refractivity contribution is 9.10. The number of methoxy groups -OCH3 is 1. The largest absolute Gasteiger partial charge is 0.495 e. The van der Waals surface area contributed by atoms with Gasteiger partial charge in [-0.2, -0.15) is 17.9 Å². The van der Waals surface area contributed by atoms with Gasteiger partial charge in [-0.1, -0.05) is 22.0 Å². The topological polar surface area (TPSA) is 89.2 Å². The Bertz CT molecular complexity index is 1370. The molecule has 0 aliphatic rings. The van der Waals surface area contributed by atoms with E-state index in [2.05, 4.69) is 31.0 Å². The lowest BCUT2D eigenvalue weighted by molar-refractivity contribution is 0.399. The normalized spacial score (nSPS) is 11.8. The number of rotatable bonds is 6. The molecule has 158 valence electrons. The molecule has 0 N–H and O–H groups in total. The third kappa shape index (κ3) is 4.17. The summed E-state index contributed by atoms with van der Waals surface area (Å²) in [5.74, 6) is 0.237. The van der Waals surface area contributed by atoms with Crippen molar-refractivity contribution in [2.75, 3.05) is 14.2 Å². The lowest BCUT2D eigenvalue weighted by atomic mass is 10.1. The molecule has 8 nitrogen and oxygen atoms in total. The van der Waals surface area contributed by atoms with Crippen LogP contribution in [-0.4, -0.2) is 47.6 Å². The quantitative estimate of drug-likeness (QED) is 0.297. The number of aromatic nitrogens is 3. The van der Waals surface area contributed by atoms with Crippen molar-refractivity contribution in [1.29, 1.82) is 0 Å². The van der Waals surface area contributed by atoms with Gasteiger partial charge >= 0.3 is 0 Å². The molecule has 4 aromatic rings. The molecule has 0 radical (unpaired) electrons. The smallest absolute Gasteiger partial charge is 0.282 e. The number of imidazole rings is 1. The van der Waals surface area contributed by atoms with Crippen LogP contribution in [0.15, 0.2) is 81.7 Å². The van der Waals surface area contributed by atoms with Crippen molar-refractivity contribution in [2.45, 2.75) is 4.90 Å². The van der Waals surface area contributed by atoms with Crippen LogP contribution in [-0.2, 0) is 10.0 Å². The van der Waals surface area contributed by atoms with Gasteiger partial charge < -0.3 is 4.74 Å². The molecule has 1 aromatic carbocycles. The average molecular weight is 500 g/mol. The molecule has 3 heterocycles. The van der Waals surface area contributed by atoms with E-state index in [1.165, 1.54) is 26.4 Å². The summed E-state index contributed by atoms with van der Waals surface area (Å²) in [4.78, 5) is 8.52. The number of ether oxygens (including phenoxy) is 1. The first-order chi connectivity index (χ1) is 14.9. The summed E-state index contributed by atoms with van der Waals surface area (Å²) in [5, 5.41) is 4.15. The predicted octanol–water partition coefficient (Wildman–Crippen LogP) is 3.82. The van der Waals surface area contributed by atoms with E-state index in [1.807, 2.05) is 34.9 Å². The highest BCUT2D eigenvalue weighted by Gasteiger charge is 2.24. The zero-order valence-electron chi connectivity index (χ0n) is 16.7. The van der Waals surface area contributed by atoms with Gasteiger partial charge in [0.15, 0.2) is 0 Å². The summed E-state index contributed by atoms with van der Waals surface area (Å²) in [6, 6.07) is 12.4. The van der Waals surface area contributed by atoms with Crippen LogP contribution in [0.3, 0.4) is 0 Å². The fraction of sp³-hybridized carbons (Fsp3) is 0.0952. The van der Waals surface area contributed by atoms with Crippen LogP contribution in [0.4, 0.5) is 0 Å². The second kappa shape index (κ2) is 8.48. The Hall–Kier alpha value is -3.24. The van der Waals surface area contributed by atoms with Crippen LogP contribution in [0.2, 0.25) is 0 Å². The molecule has 0 saturated carbocycles. The van der Waals surface area contributed by atoms with E-state index in [1.54, 1.807) is 30.7 Å². The van der Waals surface area contributed by atoms with Crippen LogP contribution in [0.25, 0.3) is 16.8 Å². The Morgan fingerprint density at radius 3 is 2.74 bits per heavy atom. The van der Waals surface area contributed by atoms with Crippen LogP contribution < -0.4 is 4.74 Å². The number of halogens is 1. The first-order valence-corrected chi connectivity index (χ1v) is 11.4. The summed E-state index contributed by atoms with van der Waals surface area (Å²) < 4.78 is 34.6. The Labute approximate surface area is 188 Å². The third-order valence-corrected chi connectivity index (χ3v) is 6.79. The Kier molecular flexibility index (Phi) is 5.75. The van der Waals surface area contributed by atoms with Crippen molar-refractivity contribution in [3.05, 3.63) is 77.4 Å². The molecule has 0 saturated heterocycles.